The van der Waals surface area contributed by atoms with Crippen molar-refractivity contribution in [3.05, 3.63) is 93.9 Å². The van der Waals surface area contributed by atoms with Crippen LogP contribution in [0.1, 0.15) is 81.6 Å². The minimum atomic E-state index is -0.435. The fourth-order valence-electron chi connectivity index (χ4n) is 6.10. The van der Waals surface area contributed by atoms with Crippen molar-refractivity contribution in [2.24, 2.45) is 0 Å². The van der Waals surface area contributed by atoms with Gasteiger partial charge < -0.3 is 15.1 Å². The number of rotatable bonds is 8. The van der Waals surface area contributed by atoms with E-state index in [-0.39, 0.29) is 35.1 Å². The van der Waals surface area contributed by atoms with E-state index in [1.165, 1.54) is 4.90 Å². The van der Waals surface area contributed by atoms with Crippen molar-refractivity contribution in [3.8, 4) is 11.3 Å². The van der Waals surface area contributed by atoms with Crippen LogP contribution in [-0.4, -0.2) is 69.9 Å². The summed E-state index contributed by atoms with van der Waals surface area (Å²) in [5.74, 6) is 0.159. The summed E-state index contributed by atoms with van der Waals surface area (Å²) in [5, 5.41) is 3.40. The molecule has 1 aliphatic heterocycles. The number of aromatic nitrogens is 3. The summed E-state index contributed by atoms with van der Waals surface area (Å²) in [6, 6.07) is 7.77. The third-order valence-electron chi connectivity index (χ3n) is 9.06. The Morgan fingerprint density at radius 1 is 1.04 bits per heavy atom. The van der Waals surface area contributed by atoms with E-state index in [9.17, 15) is 4.79 Å². The van der Waals surface area contributed by atoms with E-state index in [2.05, 4.69) is 65.9 Å². The number of piperazine rings is 1. The van der Waals surface area contributed by atoms with Crippen LogP contribution in [0.3, 0.4) is 0 Å². The maximum Gasteiger partial charge on any atom is 0.258 e. The zero-order chi connectivity index (χ0) is 35.9. The molecule has 1 amide bonds. The molecule has 0 atom stereocenters. The molecule has 1 aliphatic rings. The molecule has 8 heteroatoms. The first-order chi connectivity index (χ1) is 23.0. The van der Waals surface area contributed by atoms with Gasteiger partial charge in [-0.15, -0.1) is 0 Å². The number of benzene rings is 2. The number of likely N-dealkylation sites (N-methyl/N-ethyl adjacent to an activating group) is 1. The van der Waals surface area contributed by atoms with Crippen LogP contribution in [0.2, 0.25) is 0 Å². The molecule has 0 saturated carbocycles. The second-order valence-corrected chi connectivity index (χ2v) is 13.6. The SMILES string of the molecule is [2H]c1c([2H])c(C(=O)N(C)c2ccc(C(C)C)c(Nc3ncc(C)c(-c4cnc(C)c(C)c4)n3)c2)c(C)c([2H])c1CN1CCN(C)CC1(C)C. The molecule has 0 bridgehead atoms. The molecule has 46 heavy (non-hydrogen) atoms. The Morgan fingerprint density at radius 2 is 1.80 bits per heavy atom. The molecule has 0 aliphatic carbocycles. The highest BCUT2D eigenvalue weighted by molar-refractivity contribution is 6.07. The van der Waals surface area contributed by atoms with Gasteiger partial charge in [0.2, 0.25) is 5.95 Å². The Balaban J connectivity index is 1.46. The van der Waals surface area contributed by atoms with Gasteiger partial charge in [-0.3, -0.25) is 14.7 Å². The van der Waals surface area contributed by atoms with E-state index in [0.717, 1.165) is 59.0 Å². The number of carbonyl (C=O) groups excluding carboxylic acids is 1. The minimum Gasteiger partial charge on any atom is -0.324 e. The zero-order valence-corrected chi connectivity index (χ0v) is 29.0. The highest BCUT2D eigenvalue weighted by Crippen LogP contribution is 2.32. The van der Waals surface area contributed by atoms with Crippen LogP contribution in [0.15, 0.2) is 54.8 Å². The Kier molecular flexibility index (Phi) is 8.47. The Labute approximate surface area is 279 Å². The van der Waals surface area contributed by atoms with Crippen molar-refractivity contribution in [1.82, 2.24) is 24.8 Å². The maximum atomic E-state index is 14.1. The van der Waals surface area contributed by atoms with Crippen molar-refractivity contribution >= 4 is 23.2 Å². The van der Waals surface area contributed by atoms with E-state index >= 15 is 0 Å². The third kappa shape index (κ3) is 7.13. The van der Waals surface area contributed by atoms with E-state index in [1.807, 2.05) is 45.2 Å². The standard InChI is InChI=1S/C38H49N7O/c1-24(2)32-14-12-31(19-34(32)41-37-40-20-27(5)35(42-37)30-18-25(3)28(6)39-21-30)44(10)36(46)33-13-11-29(17-26(33)4)22-45-16-15-43(9)23-38(45,7)8/h11-14,17-21,24H,15-16,22-23H2,1-10H3,(H,40,41,42)/i11D,13D,17D. The van der Waals surface area contributed by atoms with Gasteiger partial charge in [-0.25, -0.2) is 9.97 Å². The smallest absolute Gasteiger partial charge is 0.258 e. The normalized spacial score (nSPS) is 16.2. The summed E-state index contributed by atoms with van der Waals surface area (Å²) in [4.78, 5) is 34.1. The van der Waals surface area contributed by atoms with Crippen LogP contribution >= 0.6 is 0 Å². The van der Waals surface area contributed by atoms with Gasteiger partial charge in [-0.05, 0) is 107 Å². The lowest BCUT2D eigenvalue weighted by atomic mass is 9.97. The maximum absolute atomic E-state index is 14.1. The number of hydrogen-bond donors (Lipinski definition) is 1. The average molecular weight is 623 g/mol. The van der Waals surface area contributed by atoms with Crippen molar-refractivity contribution in [1.29, 1.82) is 0 Å². The first-order valence-corrected chi connectivity index (χ1v) is 16.0. The molecule has 0 radical (unpaired) electrons. The predicted molar refractivity (Wildman–Crippen MR) is 189 cm³/mol. The highest BCUT2D eigenvalue weighted by atomic mass is 16.2. The summed E-state index contributed by atoms with van der Waals surface area (Å²) in [5.41, 5.74) is 7.92. The molecule has 1 saturated heterocycles. The second kappa shape index (κ2) is 13.3. The predicted octanol–water partition coefficient (Wildman–Crippen LogP) is 7.44. The molecule has 1 fully saturated rings. The fourth-order valence-corrected chi connectivity index (χ4v) is 6.10. The van der Waals surface area contributed by atoms with E-state index in [1.54, 1.807) is 20.2 Å². The van der Waals surface area contributed by atoms with Gasteiger partial charge in [0.15, 0.2) is 0 Å². The number of pyridine rings is 1. The van der Waals surface area contributed by atoms with Gasteiger partial charge in [0.1, 0.15) is 0 Å². The number of nitrogens with one attached hydrogen (secondary N) is 1. The highest BCUT2D eigenvalue weighted by Gasteiger charge is 2.32. The summed E-state index contributed by atoms with van der Waals surface area (Å²) in [6.45, 7) is 19.2. The van der Waals surface area contributed by atoms with E-state index < -0.39 is 5.91 Å². The van der Waals surface area contributed by atoms with Crippen molar-refractivity contribution in [2.75, 3.05) is 43.9 Å². The summed E-state index contributed by atoms with van der Waals surface area (Å²) in [6.07, 6.45) is 3.62. The Bertz CT molecular complexity index is 1880. The van der Waals surface area contributed by atoms with Crippen LogP contribution in [0.4, 0.5) is 17.3 Å². The summed E-state index contributed by atoms with van der Waals surface area (Å²) >= 11 is 0. The van der Waals surface area contributed by atoms with Crippen molar-refractivity contribution in [2.45, 2.75) is 73.4 Å². The molecule has 0 spiro atoms. The van der Waals surface area contributed by atoms with Crippen LogP contribution < -0.4 is 10.2 Å². The zero-order valence-electron chi connectivity index (χ0n) is 32.0. The largest absolute Gasteiger partial charge is 0.324 e. The Hall–Kier alpha value is -4.14. The van der Waals surface area contributed by atoms with E-state index in [0.29, 0.717) is 29.3 Å². The topological polar surface area (TPSA) is 77.5 Å². The molecular formula is C38H49N7O. The van der Waals surface area contributed by atoms with Gasteiger partial charge in [-0.1, -0.05) is 32.0 Å². The van der Waals surface area contributed by atoms with Crippen molar-refractivity contribution in [3.63, 3.8) is 0 Å². The van der Waals surface area contributed by atoms with Crippen LogP contribution in [0.5, 0.6) is 0 Å². The molecule has 8 nitrogen and oxygen atoms in total. The molecule has 0 unspecified atom stereocenters. The van der Waals surface area contributed by atoms with Gasteiger partial charge in [-0.2, -0.15) is 0 Å². The van der Waals surface area contributed by atoms with E-state index in [4.69, 9.17) is 9.10 Å². The first-order valence-electron chi connectivity index (χ1n) is 17.5. The van der Waals surface area contributed by atoms with Gasteiger partial charge in [0.05, 0.1) is 9.81 Å². The van der Waals surface area contributed by atoms with Gasteiger partial charge >= 0.3 is 0 Å². The quantitative estimate of drug-likeness (QED) is 0.219. The van der Waals surface area contributed by atoms with Gasteiger partial charge in [0, 0.05) is 79.4 Å². The first kappa shape index (κ1) is 29.3. The lowest BCUT2D eigenvalue weighted by Crippen LogP contribution is -2.57. The number of nitrogens with zero attached hydrogens (tertiary/aromatic N) is 6. The second-order valence-electron chi connectivity index (χ2n) is 13.6. The molecule has 5 rings (SSSR count). The summed E-state index contributed by atoms with van der Waals surface area (Å²) < 4.78 is 26.9. The average Bonchev–Trinajstić information content (AvgIpc) is 3.04. The van der Waals surface area contributed by atoms with Gasteiger partial charge in [0.25, 0.3) is 5.91 Å². The number of aryl methyl sites for hydroxylation is 3. The molecule has 3 heterocycles. The lowest BCUT2D eigenvalue weighted by molar-refractivity contribution is 0.0254. The molecule has 242 valence electrons. The number of hydrogen-bond acceptors (Lipinski definition) is 7. The third-order valence-corrected chi connectivity index (χ3v) is 9.06. The molecule has 4 aromatic rings. The van der Waals surface area contributed by atoms with Crippen LogP contribution in [0, 0.1) is 27.7 Å². The molecule has 2 aromatic carbocycles. The monoisotopic (exact) mass is 622 g/mol. The number of anilines is 3. The summed E-state index contributed by atoms with van der Waals surface area (Å²) in [7, 11) is 3.76. The van der Waals surface area contributed by atoms with Crippen molar-refractivity contribution < 1.29 is 8.91 Å². The Morgan fingerprint density at radius 3 is 2.50 bits per heavy atom. The number of carbonyl (C=O) groups is 1. The molecule has 2 aromatic heterocycles. The van der Waals surface area contributed by atoms with Crippen LogP contribution in [-0.2, 0) is 6.54 Å². The molecular weight excluding hydrogens is 570 g/mol. The fraction of sp³-hybridized carbons (Fsp3) is 0.421. The van der Waals surface area contributed by atoms with Crippen LogP contribution in [0.25, 0.3) is 11.3 Å². The minimum absolute atomic E-state index is 0.0640. The lowest BCUT2D eigenvalue weighted by Gasteiger charge is -2.46. The number of amides is 1. The molecule has 1 N–H and O–H groups in total.